The van der Waals surface area contributed by atoms with Crippen LogP contribution in [0.3, 0.4) is 0 Å². The third-order valence-electron chi connectivity index (χ3n) is 4.72. The Balaban J connectivity index is 1.42. The molecule has 7 nitrogen and oxygen atoms in total. The molecule has 128 valence electrons. The van der Waals surface area contributed by atoms with Gasteiger partial charge in [-0.15, -0.1) is 0 Å². The van der Waals surface area contributed by atoms with Crippen molar-refractivity contribution in [3.8, 4) is 11.5 Å². The van der Waals surface area contributed by atoms with Crippen molar-refractivity contribution in [3.63, 3.8) is 0 Å². The van der Waals surface area contributed by atoms with E-state index in [4.69, 9.17) is 9.47 Å². The maximum atomic E-state index is 10.7. The maximum Gasteiger partial charge on any atom is 0.161 e. The molecule has 2 unspecified atom stereocenters. The molecule has 0 aliphatic carbocycles. The van der Waals surface area contributed by atoms with E-state index >= 15 is 0 Å². The van der Waals surface area contributed by atoms with Crippen molar-refractivity contribution in [1.82, 2.24) is 19.7 Å². The zero-order valence-electron chi connectivity index (χ0n) is 13.5. The van der Waals surface area contributed by atoms with E-state index in [9.17, 15) is 5.11 Å². The lowest BCUT2D eigenvalue weighted by atomic mass is 10.1. The average Bonchev–Trinajstić information content (AvgIpc) is 3.27. The predicted molar refractivity (Wildman–Crippen MR) is 87.0 cm³/mol. The molecule has 1 aromatic carbocycles. The highest BCUT2D eigenvalue weighted by Gasteiger charge is 2.27. The van der Waals surface area contributed by atoms with Crippen LogP contribution >= 0.6 is 0 Å². The number of benzene rings is 1. The smallest absolute Gasteiger partial charge is 0.161 e. The summed E-state index contributed by atoms with van der Waals surface area (Å²) >= 11 is 0. The lowest BCUT2D eigenvalue weighted by molar-refractivity contribution is 0.0996. The summed E-state index contributed by atoms with van der Waals surface area (Å²) in [6.07, 6.45) is 5.02. The number of nitrogens with zero attached hydrogens (tertiary/aromatic N) is 4. The fourth-order valence-electron chi connectivity index (χ4n) is 3.48. The molecule has 2 aliphatic rings. The first-order valence-electron chi connectivity index (χ1n) is 8.43. The first kappa shape index (κ1) is 15.4. The first-order valence-corrected chi connectivity index (χ1v) is 8.43. The first-order chi connectivity index (χ1) is 11.8. The minimum absolute atomic E-state index is 0.388. The molecule has 0 bridgehead atoms. The predicted octanol–water partition coefficient (Wildman–Crippen LogP) is 1.25. The van der Waals surface area contributed by atoms with Crippen LogP contribution in [0.4, 0.5) is 0 Å². The fraction of sp³-hybridized carbons (Fsp3) is 0.529. The Hall–Kier alpha value is -2.12. The van der Waals surface area contributed by atoms with Crippen LogP contribution in [0, 0.1) is 0 Å². The van der Waals surface area contributed by atoms with Crippen LogP contribution in [0.1, 0.15) is 24.5 Å². The van der Waals surface area contributed by atoms with Gasteiger partial charge in [0.15, 0.2) is 11.5 Å². The van der Waals surface area contributed by atoms with E-state index in [1.54, 1.807) is 12.7 Å². The van der Waals surface area contributed by atoms with Crippen molar-refractivity contribution in [2.75, 3.05) is 26.3 Å². The highest BCUT2D eigenvalue weighted by Crippen LogP contribution is 2.33. The monoisotopic (exact) mass is 330 g/mol. The lowest BCUT2D eigenvalue weighted by Gasteiger charge is -2.27. The molecule has 2 aromatic rings. The Morgan fingerprint density at radius 1 is 1.25 bits per heavy atom. The van der Waals surface area contributed by atoms with Crippen molar-refractivity contribution < 1.29 is 14.6 Å². The molecule has 2 atom stereocenters. The van der Waals surface area contributed by atoms with Crippen LogP contribution in [-0.2, 0) is 6.54 Å². The number of aliphatic hydroxyl groups is 1. The molecule has 1 fully saturated rings. The number of hydrogen-bond acceptors (Lipinski definition) is 6. The van der Waals surface area contributed by atoms with E-state index < -0.39 is 6.10 Å². The zero-order chi connectivity index (χ0) is 16.4. The van der Waals surface area contributed by atoms with Gasteiger partial charge in [-0.1, -0.05) is 6.07 Å². The van der Waals surface area contributed by atoms with Crippen molar-refractivity contribution >= 4 is 0 Å². The lowest BCUT2D eigenvalue weighted by Crippen LogP contribution is -2.36. The van der Waals surface area contributed by atoms with Crippen molar-refractivity contribution in [1.29, 1.82) is 0 Å². The summed E-state index contributed by atoms with van der Waals surface area (Å²) in [7, 11) is 0. The fourth-order valence-corrected chi connectivity index (χ4v) is 3.48. The van der Waals surface area contributed by atoms with Gasteiger partial charge < -0.3 is 14.6 Å². The van der Waals surface area contributed by atoms with E-state index in [1.807, 2.05) is 22.9 Å². The molecule has 1 aromatic heterocycles. The van der Waals surface area contributed by atoms with Gasteiger partial charge in [-0.25, -0.2) is 4.98 Å². The molecule has 1 N–H and O–H groups in total. The largest absolute Gasteiger partial charge is 0.486 e. The molecule has 2 aliphatic heterocycles. The normalized spacial score (nSPS) is 21.8. The topological polar surface area (TPSA) is 72.6 Å². The molecule has 0 spiro atoms. The summed E-state index contributed by atoms with van der Waals surface area (Å²) in [5, 5.41) is 14.8. The second kappa shape index (κ2) is 6.78. The molecule has 0 radical (unpaired) electrons. The van der Waals surface area contributed by atoms with Crippen LogP contribution < -0.4 is 9.47 Å². The molecule has 1 saturated heterocycles. The number of rotatable bonds is 5. The summed E-state index contributed by atoms with van der Waals surface area (Å²) in [5.41, 5.74) is 0.866. The van der Waals surface area contributed by atoms with Crippen LogP contribution in [0.2, 0.25) is 0 Å². The summed E-state index contributed by atoms with van der Waals surface area (Å²) in [6, 6.07) is 6.07. The van der Waals surface area contributed by atoms with E-state index in [-0.39, 0.29) is 0 Å². The molecule has 0 saturated carbocycles. The molecule has 24 heavy (non-hydrogen) atoms. The Labute approximate surface area is 140 Å². The van der Waals surface area contributed by atoms with Gasteiger partial charge in [0.25, 0.3) is 0 Å². The van der Waals surface area contributed by atoms with Gasteiger partial charge in [0.2, 0.25) is 0 Å². The third kappa shape index (κ3) is 3.22. The molecule has 4 rings (SSSR count). The van der Waals surface area contributed by atoms with Gasteiger partial charge in [-0.3, -0.25) is 9.58 Å². The van der Waals surface area contributed by atoms with E-state index in [0.717, 1.165) is 43.0 Å². The number of aliphatic hydroxyl groups excluding tert-OH is 1. The van der Waals surface area contributed by atoms with Crippen molar-refractivity contribution in [3.05, 3.63) is 36.4 Å². The van der Waals surface area contributed by atoms with Gasteiger partial charge >= 0.3 is 0 Å². The van der Waals surface area contributed by atoms with Crippen LogP contribution in [0.15, 0.2) is 30.9 Å². The van der Waals surface area contributed by atoms with Crippen molar-refractivity contribution in [2.45, 2.75) is 31.5 Å². The average molecular weight is 330 g/mol. The number of β-amino-alcohol motifs (C(OH)–C–C–N with tert-alkyl or cyclic N) is 1. The second-order valence-corrected chi connectivity index (χ2v) is 6.33. The Morgan fingerprint density at radius 3 is 2.96 bits per heavy atom. The van der Waals surface area contributed by atoms with Gasteiger partial charge in [-0.2, -0.15) is 5.10 Å². The molecule has 0 amide bonds. The number of aromatic nitrogens is 3. The van der Waals surface area contributed by atoms with Crippen LogP contribution in [0.5, 0.6) is 11.5 Å². The van der Waals surface area contributed by atoms with Gasteiger partial charge in [-0.05, 0) is 37.1 Å². The number of hydrogen-bond donors (Lipinski definition) is 1. The Bertz CT molecular complexity index is 676. The highest BCUT2D eigenvalue weighted by atomic mass is 16.6. The minimum atomic E-state index is -0.544. The second-order valence-electron chi connectivity index (χ2n) is 6.33. The third-order valence-corrected chi connectivity index (χ3v) is 4.72. The standard InChI is InChI=1S/C17H22N4O3/c22-15(13-3-4-16-17(8-13)24-7-6-23-16)10-20-5-1-2-14(20)9-21-12-18-11-19-21/h3-4,8,11-12,14-15,22H,1-2,5-7,9-10H2. The number of likely N-dealkylation sites (tertiary alicyclic amines) is 1. The van der Waals surface area contributed by atoms with E-state index in [2.05, 4.69) is 15.0 Å². The molecular formula is C17H22N4O3. The Kier molecular flexibility index (Phi) is 4.36. The van der Waals surface area contributed by atoms with Gasteiger partial charge in [0, 0.05) is 12.6 Å². The Morgan fingerprint density at radius 2 is 2.12 bits per heavy atom. The maximum absolute atomic E-state index is 10.7. The number of ether oxygens (including phenoxy) is 2. The summed E-state index contributed by atoms with van der Waals surface area (Å²) < 4.78 is 13.0. The van der Waals surface area contributed by atoms with Gasteiger partial charge in [0.05, 0.1) is 12.6 Å². The molecule has 7 heteroatoms. The molecule has 3 heterocycles. The molecular weight excluding hydrogens is 308 g/mol. The van der Waals surface area contributed by atoms with Crippen LogP contribution in [-0.4, -0.2) is 57.1 Å². The summed E-state index contributed by atoms with van der Waals surface area (Å²) in [5.74, 6) is 1.47. The SMILES string of the molecule is OC(CN1CCCC1Cn1cncn1)c1ccc2c(c1)OCCO2. The van der Waals surface area contributed by atoms with Crippen LogP contribution in [0.25, 0.3) is 0 Å². The number of fused-ring (bicyclic) bond motifs is 1. The van der Waals surface area contributed by atoms with Crippen molar-refractivity contribution in [2.24, 2.45) is 0 Å². The zero-order valence-corrected chi connectivity index (χ0v) is 13.5. The quantitative estimate of drug-likeness (QED) is 0.889. The minimum Gasteiger partial charge on any atom is -0.486 e. The summed E-state index contributed by atoms with van der Waals surface area (Å²) in [4.78, 5) is 6.33. The van der Waals surface area contributed by atoms with E-state index in [0.29, 0.717) is 25.8 Å². The summed E-state index contributed by atoms with van der Waals surface area (Å²) in [6.45, 7) is 3.55. The van der Waals surface area contributed by atoms with E-state index in [1.165, 1.54) is 0 Å². The van der Waals surface area contributed by atoms with Gasteiger partial charge in [0.1, 0.15) is 25.9 Å². The highest BCUT2D eigenvalue weighted by molar-refractivity contribution is 5.44.